The maximum atomic E-state index is 11.2. The lowest BCUT2D eigenvalue weighted by atomic mass is 10.3. The number of hydrogen-bond acceptors (Lipinski definition) is 4. The quantitative estimate of drug-likeness (QED) is 0.669. The molecular formula is C7H7NO2S2. The molecule has 0 saturated carbocycles. The molecular weight excluding hydrogens is 194 g/mol. The Hall–Kier alpha value is -0.520. The van der Waals surface area contributed by atoms with Crippen LogP contribution in [-0.4, -0.2) is 11.5 Å². The van der Waals surface area contributed by atoms with E-state index in [0.717, 1.165) is 4.88 Å². The van der Waals surface area contributed by atoms with Crippen LogP contribution in [-0.2, 0) is 9.53 Å². The molecule has 1 aromatic heterocycles. The molecule has 0 aromatic carbocycles. The topological polar surface area (TPSA) is 38.3 Å². The molecule has 0 spiro atoms. The molecule has 64 valence electrons. The Labute approximate surface area is 79.1 Å². The fourth-order valence-electron chi connectivity index (χ4n) is 1.06. The summed E-state index contributed by atoms with van der Waals surface area (Å²) in [5, 5.41) is 4.48. The van der Waals surface area contributed by atoms with Gasteiger partial charge in [0.15, 0.2) is 11.7 Å². The first-order valence-corrected chi connectivity index (χ1v) is 4.84. The van der Waals surface area contributed by atoms with Crippen LogP contribution < -0.4 is 5.32 Å². The Morgan fingerprint density at radius 3 is 3.00 bits per heavy atom. The number of hydrogen-bond donors (Lipinski definition) is 2. The molecule has 2 atom stereocenters. The SMILES string of the molecule is O=C1NC(S)OC1c1cccs1. The van der Waals surface area contributed by atoms with Crippen LogP contribution in [0.5, 0.6) is 0 Å². The van der Waals surface area contributed by atoms with Crippen molar-refractivity contribution >= 4 is 29.9 Å². The maximum absolute atomic E-state index is 11.2. The zero-order valence-electron chi connectivity index (χ0n) is 6.06. The molecule has 5 heteroatoms. The van der Waals surface area contributed by atoms with Crippen molar-refractivity contribution in [3.8, 4) is 0 Å². The van der Waals surface area contributed by atoms with Gasteiger partial charge in [-0.2, -0.15) is 0 Å². The first-order chi connectivity index (χ1) is 5.77. The highest BCUT2D eigenvalue weighted by Gasteiger charge is 2.32. The summed E-state index contributed by atoms with van der Waals surface area (Å²) in [6.45, 7) is 0. The van der Waals surface area contributed by atoms with Gasteiger partial charge in [-0.15, -0.1) is 24.0 Å². The number of thiophene rings is 1. The van der Waals surface area contributed by atoms with Gasteiger partial charge in [-0.1, -0.05) is 6.07 Å². The van der Waals surface area contributed by atoms with E-state index in [9.17, 15) is 4.79 Å². The molecule has 1 aliphatic heterocycles. The zero-order valence-corrected chi connectivity index (χ0v) is 7.77. The van der Waals surface area contributed by atoms with E-state index >= 15 is 0 Å². The van der Waals surface area contributed by atoms with E-state index in [1.54, 1.807) is 0 Å². The van der Waals surface area contributed by atoms with Gasteiger partial charge in [-0.3, -0.25) is 4.79 Å². The Balaban J connectivity index is 2.21. The Kier molecular flexibility index (Phi) is 2.08. The van der Waals surface area contributed by atoms with Crippen molar-refractivity contribution in [3.05, 3.63) is 22.4 Å². The molecule has 1 fully saturated rings. The summed E-state index contributed by atoms with van der Waals surface area (Å²) in [6, 6.07) is 3.77. The second-order valence-corrected chi connectivity index (χ2v) is 3.84. The zero-order chi connectivity index (χ0) is 8.55. The Morgan fingerprint density at radius 1 is 1.67 bits per heavy atom. The third-order valence-corrected chi connectivity index (χ3v) is 2.74. The van der Waals surface area contributed by atoms with Crippen LogP contribution in [0, 0.1) is 0 Å². The van der Waals surface area contributed by atoms with E-state index in [1.165, 1.54) is 11.3 Å². The minimum absolute atomic E-state index is 0.113. The molecule has 0 bridgehead atoms. The standard InChI is InChI=1S/C7H7NO2S2/c9-6-5(10-7(11)8-6)4-2-1-3-12-4/h1-3,5,7,11H,(H,8,9). The predicted octanol–water partition coefficient (Wildman–Crippen LogP) is 1.15. The molecule has 0 aliphatic carbocycles. The van der Waals surface area contributed by atoms with Crippen molar-refractivity contribution < 1.29 is 9.53 Å². The average Bonchev–Trinajstić information content (AvgIpc) is 2.58. The van der Waals surface area contributed by atoms with Gasteiger partial charge in [0.2, 0.25) is 0 Å². The van der Waals surface area contributed by atoms with Crippen molar-refractivity contribution in [1.29, 1.82) is 0 Å². The van der Waals surface area contributed by atoms with Gasteiger partial charge in [-0.25, -0.2) is 0 Å². The highest BCUT2D eigenvalue weighted by Crippen LogP contribution is 2.28. The van der Waals surface area contributed by atoms with E-state index in [2.05, 4.69) is 17.9 Å². The first-order valence-electron chi connectivity index (χ1n) is 3.44. The van der Waals surface area contributed by atoms with Crippen molar-refractivity contribution in [2.75, 3.05) is 0 Å². The van der Waals surface area contributed by atoms with E-state index < -0.39 is 11.7 Å². The molecule has 2 rings (SSSR count). The van der Waals surface area contributed by atoms with Crippen LogP contribution in [0.15, 0.2) is 17.5 Å². The summed E-state index contributed by atoms with van der Waals surface area (Å²) in [5.74, 6) is -0.113. The van der Waals surface area contributed by atoms with Crippen molar-refractivity contribution in [2.24, 2.45) is 0 Å². The number of nitrogens with one attached hydrogen (secondary N) is 1. The molecule has 1 N–H and O–H groups in total. The molecule has 1 aliphatic rings. The number of carbonyl (C=O) groups is 1. The van der Waals surface area contributed by atoms with Gasteiger partial charge in [0, 0.05) is 4.88 Å². The number of ether oxygens (including phenoxy) is 1. The molecule has 2 unspecified atom stereocenters. The normalized spacial score (nSPS) is 28.9. The third kappa shape index (κ3) is 1.35. The first kappa shape index (κ1) is 8.10. The van der Waals surface area contributed by atoms with E-state index in [-0.39, 0.29) is 5.91 Å². The van der Waals surface area contributed by atoms with Crippen LogP contribution in [0.1, 0.15) is 11.0 Å². The summed E-state index contributed by atoms with van der Waals surface area (Å²) < 4.78 is 5.23. The number of rotatable bonds is 1. The molecule has 0 radical (unpaired) electrons. The lowest BCUT2D eigenvalue weighted by molar-refractivity contribution is -0.123. The second-order valence-electron chi connectivity index (χ2n) is 2.39. The number of amides is 1. The van der Waals surface area contributed by atoms with Gasteiger partial charge >= 0.3 is 0 Å². The summed E-state index contributed by atoms with van der Waals surface area (Å²) in [7, 11) is 0. The van der Waals surface area contributed by atoms with Crippen LogP contribution in [0.3, 0.4) is 0 Å². The van der Waals surface area contributed by atoms with Gasteiger partial charge in [0.25, 0.3) is 5.91 Å². The highest BCUT2D eigenvalue weighted by molar-refractivity contribution is 7.80. The fourth-order valence-corrected chi connectivity index (χ4v) is 2.07. The lowest BCUT2D eigenvalue weighted by Gasteiger charge is -2.02. The highest BCUT2D eigenvalue weighted by atomic mass is 32.1. The van der Waals surface area contributed by atoms with Crippen LogP contribution >= 0.6 is 24.0 Å². The van der Waals surface area contributed by atoms with E-state index in [0.29, 0.717) is 0 Å². The Bertz CT molecular complexity index is 286. The van der Waals surface area contributed by atoms with Crippen LogP contribution in [0.4, 0.5) is 0 Å². The van der Waals surface area contributed by atoms with Crippen molar-refractivity contribution in [1.82, 2.24) is 5.32 Å². The summed E-state index contributed by atoms with van der Waals surface area (Å²) >= 11 is 5.50. The summed E-state index contributed by atoms with van der Waals surface area (Å²) in [4.78, 5) is 12.1. The molecule has 1 saturated heterocycles. The van der Waals surface area contributed by atoms with E-state index in [4.69, 9.17) is 4.74 Å². The number of carbonyl (C=O) groups excluding carboxylic acids is 1. The second kappa shape index (κ2) is 3.08. The minimum atomic E-state index is -0.468. The summed E-state index contributed by atoms with van der Waals surface area (Å²) in [5.41, 5.74) is -0.468. The van der Waals surface area contributed by atoms with Gasteiger partial charge in [0.05, 0.1) is 0 Å². The smallest absolute Gasteiger partial charge is 0.257 e. The van der Waals surface area contributed by atoms with Gasteiger partial charge in [-0.05, 0) is 11.4 Å². The Morgan fingerprint density at radius 2 is 2.50 bits per heavy atom. The maximum Gasteiger partial charge on any atom is 0.257 e. The van der Waals surface area contributed by atoms with Crippen LogP contribution in [0.2, 0.25) is 0 Å². The number of thiol groups is 1. The minimum Gasteiger partial charge on any atom is -0.330 e. The summed E-state index contributed by atoms with van der Waals surface area (Å²) in [6.07, 6.45) is -0.465. The van der Waals surface area contributed by atoms with Gasteiger partial charge < -0.3 is 10.1 Å². The molecule has 12 heavy (non-hydrogen) atoms. The molecule has 1 aromatic rings. The third-order valence-electron chi connectivity index (χ3n) is 1.57. The lowest BCUT2D eigenvalue weighted by Crippen LogP contribution is -2.21. The molecule has 1 amide bonds. The monoisotopic (exact) mass is 201 g/mol. The van der Waals surface area contributed by atoms with Gasteiger partial charge in [0.1, 0.15) is 0 Å². The van der Waals surface area contributed by atoms with Crippen molar-refractivity contribution in [3.63, 3.8) is 0 Å². The molecule has 3 nitrogen and oxygen atoms in total. The average molecular weight is 201 g/mol. The molecule has 2 heterocycles. The predicted molar refractivity (Wildman–Crippen MR) is 49.1 cm³/mol. The largest absolute Gasteiger partial charge is 0.330 e. The van der Waals surface area contributed by atoms with Crippen molar-refractivity contribution in [2.45, 2.75) is 11.7 Å². The van der Waals surface area contributed by atoms with E-state index in [1.807, 2.05) is 17.5 Å². The van der Waals surface area contributed by atoms with Crippen LogP contribution in [0.25, 0.3) is 0 Å². The fraction of sp³-hybridized carbons (Fsp3) is 0.286.